The molecule has 0 spiro atoms. The maximum Gasteiger partial charge on any atom is 0.431 e. The Morgan fingerprint density at radius 2 is 0.939 bits per heavy atom. The first-order valence-electron chi connectivity index (χ1n) is 20.8. The van der Waals surface area contributed by atoms with Crippen molar-refractivity contribution in [2.24, 2.45) is 14.1 Å². The van der Waals surface area contributed by atoms with Crippen molar-refractivity contribution in [2.75, 3.05) is 0 Å². The van der Waals surface area contributed by atoms with E-state index in [9.17, 15) is 13.2 Å². The molecule has 0 amide bonds. The topological polar surface area (TPSA) is 57.5 Å². The van der Waals surface area contributed by atoms with Gasteiger partial charge in [-0.05, 0) is 40.5 Å². The molecule has 0 fully saturated rings. The smallest absolute Gasteiger partial charge is 0.431 e. The number of pyridine rings is 1. The van der Waals surface area contributed by atoms with Crippen LogP contribution in [-0.2, 0) is 40.4 Å². The average molecular weight is 1050 g/mol. The summed E-state index contributed by atoms with van der Waals surface area (Å²) in [4.78, 5) is 3.87. The first kappa shape index (κ1) is 46.5. The van der Waals surface area contributed by atoms with E-state index in [4.69, 9.17) is 0 Å². The van der Waals surface area contributed by atoms with Crippen LogP contribution in [0.3, 0.4) is 0 Å². The molecule has 331 valence electrons. The van der Waals surface area contributed by atoms with E-state index in [1.165, 1.54) is 28.5 Å². The summed E-state index contributed by atoms with van der Waals surface area (Å²) in [6.45, 7) is 4.20. The third-order valence-corrected chi connectivity index (χ3v) is 10.4. The second-order valence-corrected chi connectivity index (χ2v) is 15.2. The zero-order valence-corrected chi connectivity index (χ0v) is 38.9. The Morgan fingerprint density at radius 3 is 1.30 bits per heavy atom. The van der Waals surface area contributed by atoms with E-state index in [-0.39, 0.29) is 25.8 Å². The SMILES string of the molecule is Cc1cc[c-]c(-n2[c-][n+](C)c(-c3ccccc3)c2-c2ccccc2)c1.Cc1cc[c-]c(-n2[c-][n+](C)c(-c3ccccc3)c2-c2ccccc2)c1.FC(F)(F)c1cc(-c2ccccn2)[n-]n1.[Ir]. The normalized spacial score (nSPS) is 10.8. The Labute approximate surface area is 396 Å². The Morgan fingerprint density at radius 1 is 0.530 bits per heavy atom. The van der Waals surface area contributed by atoms with Crippen molar-refractivity contribution in [3.05, 3.63) is 230 Å². The van der Waals surface area contributed by atoms with E-state index in [0.29, 0.717) is 5.69 Å². The monoisotopic (exact) mass is 1050 g/mol. The van der Waals surface area contributed by atoms with E-state index >= 15 is 0 Å². The third-order valence-electron chi connectivity index (χ3n) is 10.4. The van der Waals surface area contributed by atoms with Crippen molar-refractivity contribution in [3.8, 4) is 67.8 Å². The van der Waals surface area contributed by atoms with Gasteiger partial charge >= 0.3 is 6.18 Å². The molecule has 0 unspecified atom stereocenters. The Hall–Kier alpha value is -7.46. The molecule has 0 bridgehead atoms. The summed E-state index contributed by atoms with van der Waals surface area (Å²) in [6, 6.07) is 66.7. The summed E-state index contributed by atoms with van der Waals surface area (Å²) in [6.07, 6.45) is 3.94. The minimum atomic E-state index is -4.46. The van der Waals surface area contributed by atoms with Crippen LogP contribution in [0.2, 0.25) is 0 Å². The summed E-state index contributed by atoms with van der Waals surface area (Å²) >= 11 is 0. The van der Waals surface area contributed by atoms with Gasteiger partial charge in [0, 0.05) is 32.0 Å². The van der Waals surface area contributed by atoms with Crippen molar-refractivity contribution >= 4 is 0 Å². The average Bonchev–Trinajstić information content (AvgIpc) is 4.07. The maximum absolute atomic E-state index is 12.2. The maximum atomic E-state index is 12.2. The fourth-order valence-corrected chi connectivity index (χ4v) is 7.41. The largest absolute Gasteiger partial charge is 0.573 e. The van der Waals surface area contributed by atoms with Gasteiger partial charge in [-0.1, -0.05) is 158 Å². The van der Waals surface area contributed by atoms with Crippen LogP contribution in [-0.4, -0.2) is 19.2 Å². The number of rotatable bonds is 7. The molecule has 0 N–H and O–H groups in total. The number of nitrogens with zero attached hydrogens (tertiary/aromatic N) is 7. The van der Waals surface area contributed by atoms with Crippen LogP contribution < -0.4 is 14.2 Å². The van der Waals surface area contributed by atoms with Crippen LogP contribution in [0.1, 0.15) is 16.8 Å². The predicted octanol–water partition coefficient (Wildman–Crippen LogP) is 11.2. The van der Waals surface area contributed by atoms with Crippen LogP contribution >= 0.6 is 0 Å². The van der Waals surface area contributed by atoms with E-state index in [2.05, 4.69) is 193 Å². The number of alkyl halides is 3. The van der Waals surface area contributed by atoms with Gasteiger partial charge in [-0.25, -0.2) is 0 Å². The number of imidazole rings is 2. The van der Waals surface area contributed by atoms with E-state index in [1.807, 2.05) is 50.5 Å². The van der Waals surface area contributed by atoms with E-state index in [0.717, 1.165) is 51.3 Å². The first-order chi connectivity index (χ1) is 31.5. The molecule has 0 aliphatic carbocycles. The van der Waals surface area contributed by atoms with Crippen LogP contribution in [0, 0.1) is 38.6 Å². The molecule has 66 heavy (non-hydrogen) atoms. The molecule has 0 atom stereocenters. The quantitative estimate of drug-likeness (QED) is 0.118. The number of halogens is 3. The molecular formula is C55H43F3IrN7-3. The van der Waals surface area contributed by atoms with E-state index < -0.39 is 11.9 Å². The molecule has 1 radical (unpaired) electrons. The van der Waals surface area contributed by atoms with Crippen molar-refractivity contribution in [2.45, 2.75) is 20.0 Å². The fraction of sp³-hybridized carbons (Fsp3) is 0.0909. The number of hydrogen-bond acceptors (Lipinski definition) is 2. The predicted molar refractivity (Wildman–Crippen MR) is 246 cm³/mol. The molecule has 0 aliphatic rings. The number of aryl methyl sites for hydroxylation is 4. The van der Waals surface area contributed by atoms with Gasteiger partial charge in [0.2, 0.25) is 12.7 Å². The van der Waals surface area contributed by atoms with Crippen molar-refractivity contribution in [3.63, 3.8) is 0 Å². The summed E-state index contributed by atoms with van der Waals surface area (Å²) in [5.41, 5.74) is 13.1. The zero-order chi connectivity index (χ0) is 45.3. The second-order valence-electron chi connectivity index (χ2n) is 15.2. The fourth-order valence-electron chi connectivity index (χ4n) is 7.41. The van der Waals surface area contributed by atoms with Gasteiger partial charge < -0.3 is 28.5 Å². The van der Waals surface area contributed by atoms with Gasteiger partial charge in [0.05, 0.1) is 36.9 Å². The van der Waals surface area contributed by atoms with Gasteiger partial charge in [0.15, 0.2) is 0 Å². The molecule has 4 aromatic heterocycles. The second kappa shape index (κ2) is 21.0. The van der Waals surface area contributed by atoms with Gasteiger partial charge in [0.1, 0.15) is 5.69 Å². The van der Waals surface area contributed by atoms with Gasteiger partial charge in [-0.3, -0.25) is 4.98 Å². The third kappa shape index (κ3) is 10.7. The van der Waals surface area contributed by atoms with Crippen molar-refractivity contribution in [1.82, 2.24) is 24.3 Å². The first-order valence-corrected chi connectivity index (χ1v) is 20.8. The van der Waals surface area contributed by atoms with Crippen LogP contribution in [0.25, 0.3) is 67.8 Å². The Kier molecular flexibility index (Phi) is 14.8. The molecule has 11 heteroatoms. The van der Waals surface area contributed by atoms with Crippen LogP contribution in [0.5, 0.6) is 0 Å². The summed E-state index contributed by atoms with van der Waals surface area (Å²) in [7, 11) is 4.09. The molecule has 7 nitrogen and oxygen atoms in total. The molecule has 0 saturated heterocycles. The number of aromatic nitrogens is 7. The van der Waals surface area contributed by atoms with Crippen LogP contribution in [0.15, 0.2) is 188 Å². The van der Waals surface area contributed by atoms with Gasteiger partial charge in [-0.15, -0.1) is 0 Å². The molecule has 4 heterocycles. The van der Waals surface area contributed by atoms with Crippen molar-refractivity contribution in [1.29, 1.82) is 0 Å². The molecule has 6 aromatic carbocycles. The summed E-state index contributed by atoms with van der Waals surface area (Å²) in [5.74, 6) is 0. The van der Waals surface area contributed by atoms with Crippen molar-refractivity contribution < 1.29 is 42.4 Å². The molecule has 10 aromatic rings. The minimum Gasteiger partial charge on any atom is -0.573 e. The standard InChI is InChI=1S/2C23H19N2.C9H5F3N3.Ir/c2*1-18-10-9-15-21(16-18)25-17-24(2)22(19-11-5-3-6-12-19)23(25)20-13-7-4-8-14-20;10-9(11,12)8-5-7(14-15-8)6-3-1-2-4-13-6;/h2*3-14,16H,1-2H3;1-5H;/q3*-1;. The number of hydrogen-bond donors (Lipinski definition) is 0. The molecular weight excluding hydrogens is 1010 g/mol. The van der Waals surface area contributed by atoms with Gasteiger partial charge in [0.25, 0.3) is 0 Å². The van der Waals surface area contributed by atoms with Gasteiger partial charge in [-0.2, -0.15) is 72.8 Å². The molecule has 10 rings (SSSR count). The summed E-state index contributed by atoms with van der Waals surface area (Å²) < 4.78 is 44.9. The Balaban J connectivity index is 0.000000151. The summed E-state index contributed by atoms with van der Waals surface area (Å²) in [5, 5.41) is 6.47. The van der Waals surface area contributed by atoms with Crippen LogP contribution in [0.4, 0.5) is 13.2 Å². The zero-order valence-electron chi connectivity index (χ0n) is 36.5. The van der Waals surface area contributed by atoms with E-state index in [1.54, 1.807) is 18.2 Å². The minimum absolute atomic E-state index is 0. The molecule has 0 saturated carbocycles. The molecule has 0 aliphatic heterocycles. The number of benzene rings is 6. The Bertz CT molecular complexity index is 2940.